The summed E-state index contributed by atoms with van der Waals surface area (Å²) in [6.07, 6.45) is 3.44. The first kappa shape index (κ1) is 18.0. The summed E-state index contributed by atoms with van der Waals surface area (Å²) in [5.41, 5.74) is 4.65. The molecule has 2 N–H and O–H groups in total. The van der Waals surface area contributed by atoms with Gasteiger partial charge < -0.3 is 14.4 Å². The summed E-state index contributed by atoms with van der Waals surface area (Å²) in [5, 5.41) is 13.4. The first-order valence-electron chi connectivity index (χ1n) is 7.72. The van der Waals surface area contributed by atoms with Gasteiger partial charge in [0.05, 0.1) is 22.6 Å². The highest BCUT2D eigenvalue weighted by molar-refractivity contribution is 14.1. The number of benzene rings is 2. The lowest BCUT2D eigenvalue weighted by Crippen LogP contribution is -2.18. The van der Waals surface area contributed by atoms with Crippen LogP contribution in [0.15, 0.2) is 65.9 Å². The minimum Gasteiger partial charge on any atom is -0.508 e. The Morgan fingerprint density at radius 3 is 2.73 bits per heavy atom. The Kier molecular flexibility index (Phi) is 5.57. The van der Waals surface area contributed by atoms with Gasteiger partial charge in [0.2, 0.25) is 0 Å². The second-order valence-electron chi connectivity index (χ2n) is 5.37. The number of aromatic nitrogens is 1. The number of nitrogens with one attached hydrogen (secondary N) is 1. The van der Waals surface area contributed by atoms with Crippen LogP contribution in [-0.2, 0) is 0 Å². The molecule has 132 valence electrons. The van der Waals surface area contributed by atoms with Crippen LogP contribution in [0.3, 0.4) is 0 Å². The number of methoxy groups -OCH3 is 1. The number of hydrogen-bond donors (Lipinski definition) is 2. The van der Waals surface area contributed by atoms with Gasteiger partial charge in [0, 0.05) is 17.4 Å². The van der Waals surface area contributed by atoms with Crippen molar-refractivity contribution in [3.05, 3.63) is 75.6 Å². The van der Waals surface area contributed by atoms with E-state index in [1.54, 1.807) is 49.7 Å². The molecule has 7 heteroatoms. The van der Waals surface area contributed by atoms with Crippen LogP contribution in [0.1, 0.15) is 16.1 Å². The Balaban J connectivity index is 1.72. The number of phenolic OH excluding ortho intramolecular Hbond substituents is 1. The maximum atomic E-state index is 12.2. The maximum Gasteiger partial charge on any atom is 0.271 e. The molecule has 6 nitrogen and oxygen atoms in total. The molecule has 1 aromatic heterocycles. The highest BCUT2D eigenvalue weighted by atomic mass is 127. The van der Waals surface area contributed by atoms with Crippen LogP contribution in [0, 0.1) is 3.57 Å². The average Bonchev–Trinajstić information content (AvgIpc) is 3.11. The number of ether oxygens (including phenoxy) is 1. The van der Waals surface area contributed by atoms with E-state index in [9.17, 15) is 9.90 Å². The summed E-state index contributed by atoms with van der Waals surface area (Å²) in [6, 6.07) is 15.8. The van der Waals surface area contributed by atoms with Gasteiger partial charge in [-0.1, -0.05) is 0 Å². The van der Waals surface area contributed by atoms with E-state index in [0.717, 1.165) is 15.0 Å². The molecule has 0 aliphatic rings. The lowest BCUT2D eigenvalue weighted by atomic mass is 10.2. The molecule has 0 aliphatic carbocycles. The summed E-state index contributed by atoms with van der Waals surface area (Å²) in [6.45, 7) is 0. The predicted octanol–water partition coefficient (Wildman–Crippen LogP) is 3.56. The fourth-order valence-electron chi connectivity index (χ4n) is 2.37. The second kappa shape index (κ2) is 8.05. The van der Waals surface area contributed by atoms with Gasteiger partial charge in [0.25, 0.3) is 5.91 Å². The van der Waals surface area contributed by atoms with E-state index in [4.69, 9.17) is 4.74 Å². The number of nitrogens with zero attached hydrogens (tertiary/aromatic N) is 2. The third-order valence-corrected chi connectivity index (χ3v) is 4.58. The normalized spacial score (nSPS) is 10.8. The van der Waals surface area contributed by atoms with E-state index >= 15 is 0 Å². The zero-order valence-electron chi connectivity index (χ0n) is 13.9. The minimum atomic E-state index is -0.321. The molecule has 0 spiro atoms. The summed E-state index contributed by atoms with van der Waals surface area (Å²) >= 11 is 2.14. The molecule has 0 aliphatic heterocycles. The largest absolute Gasteiger partial charge is 0.508 e. The SMILES string of the molecule is COc1cc(C(=O)N/N=C\c2cccn2-c2ccc(O)cc2)ccc1I. The van der Waals surface area contributed by atoms with Crippen LogP contribution in [0.2, 0.25) is 0 Å². The van der Waals surface area contributed by atoms with Crippen molar-refractivity contribution in [3.8, 4) is 17.2 Å². The van der Waals surface area contributed by atoms with E-state index in [-0.39, 0.29) is 11.7 Å². The molecule has 0 radical (unpaired) electrons. The van der Waals surface area contributed by atoms with Gasteiger partial charge in [-0.25, -0.2) is 5.43 Å². The molecule has 0 saturated carbocycles. The number of hydrazone groups is 1. The molecule has 26 heavy (non-hydrogen) atoms. The monoisotopic (exact) mass is 461 g/mol. The smallest absolute Gasteiger partial charge is 0.271 e. The van der Waals surface area contributed by atoms with Crippen molar-refractivity contribution >= 4 is 34.7 Å². The molecule has 1 heterocycles. The standard InChI is InChI=1S/C19H16IN3O3/c1-26-18-11-13(4-9-17(18)20)19(25)22-21-12-15-3-2-10-23(15)14-5-7-16(24)8-6-14/h2-12,24H,1H3,(H,22,25)/b21-12-. The minimum absolute atomic E-state index is 0.205. The van der Waals surface area contributed by atoms with Crippen LogP contribution in [0.5, 0.6) is 11.5 Å². The van der Waals surface area contributed by atoms with Crippen molar-refractivity contribution in [1.29, 1.82) is 0 Å². The molecular formula is C19H16IN3O3. The Morgan fingerprint density at radius 2 is 2.00 bits per heavy atom. The third kappa shape index (κ3) is 4.05. The summed E-state index contributed by atoms with van der Waals surface area (Å²) in [7, 11) is 1.56. The van der Waals surface area contributed by atoms with E-state index in [2.05, 4.69) is 33.1 Å². The molecule has 3 rings (SSSR count). The van der Waals surface area contributed by atoms with Crippen molar-refractivity contribution in [2.75, 3.05) is 7.11 Å². The van der Waals surface area contributed by atoms with E-state index in [1.165, 1.54) is 0 Å². The average molecular weight is 461 g/mol. The van der Waals surface area contributed by atoms with Gasteiger partial charge >= 0.3 is 0 Å². The van der Waals surface area contributed by atoms with Crippen molar-refractivity contribution in [3.63, 3.8) is 0 Å². The molecule has 0 bridgehead atoms. The van der Waals surface area contributed by atoms with Crippen LogP contribution in [0.4, 0.5) is 0 Å². The summed E-state index contributed by atoms with van der Waals surface area (Å²) < 4.78 is 8.04. The van der Waals surface area contributed by atoms with Crippen molar-refractivity contribution in [2.45, 2.75) is 0 Å². The topological polar surface area (TPSA) is 75.8 Å². The molecular weight excluding hydrogens is 445 g/mol. The van der Waals surface area contributed by atoms with Crippen LogP contribution < -0.4 is 10.2 Å². The van der Waals surface area contributed by atoms with Crippen LogP contribution >= 0.6 is 22.6 Å². The lowest BCUT2D eigenvalue weighted by molar-refractivity contribution is 0.0954. The Morgan fingerprint density at radius 1 is 1.23 bits per heavy atom. The number of hydrogen-bond acceptors (Lipinski definition) is 4. The summed E-state index contributed by atoms with van der Waals surface area (Å²) in [5.74, 6) is 0.526. The number of halogens is 1. The third-order valence-electron chi connectivity index (χ3n) is 3.68. The molecule has 3 aromatic rings. The van der Waals surface area contributed by atoms with Gasteiger partial charge in [-0.05, 0) is 77.2 Å². The van der Waals surface area contributed by atoms with Gasteiger partial charge in [-0.2, -0.15) is 5.10 Å². The first-order chi connectivity index (χ1) is 12.6. The predicted molar refractivity (Wildman–Crippen MR) is 108 cm³/mol. The number of aromatic hydroxyl groups is 1. The summed E-state index contributed by atoms with van der Waals surface area (Å²) in [4.78, 5) is 12.2. The van der Waals surface area contributed by atoms with Crippen molar-refractivity contribution in [2.24, 2.45) is 5.10 Å². The number of amides is 1. The molecule has 0 saturated heterocycles. The zero-order chi connectivity index (χ0) is 18.5. The number of rotatable bonds is 5. The van der Waals surface area contributed by atoms with Gasteiger partial charge in [-0.3, -0.25) is 4.79 Å². The first-order valence-corrected chi connectivity index (χ1v) is 8.80. The van der Waals surface area contributed by atoms with Crippen LogP contribution in [0.25, 0.3) is 5.69 Å². The van der Waals surface area contributed by atoms with Gasteiger partial charge in [0.1, 0.15) is 11.5 Å². The molecule has 0 unspecified atom stereocenters. The molecule has 1 amide bonds. The van der Waals surface area contributed by atoms with Gasteiger partial charge in [-0.15, -0.1) is 0 Å². The molecule has 2 aromatic carbocycles. The van der Waals surface area contributed by atoms with Gasteiger partial charge in [0.15, 0.2) is 0 Å². The van der Waals surface area contributed by atoms with Crippen LogP contribution in [-0.4, -0.2) is 28.9 Å². The lowest BCUT2D eigenvalue weighted by Gasteiger charge is -2.07. The zero-order valence-corrected chi connectivity index (χ0v) is 16.0. The van der Waals surface area contributed by atoms with Crippen molar-refractivity contribution < 1.29 is 14.6 Å². The van der Waals surface area contributed by atoms with E-state index < -0.39 is 0 Å². The Bertz CT molecular complexity index is 949. The Labute approximate surface area is 164 Å². The highest BCUT2D eigenvalue weighted by Gasteiger charge is 2.08. The Hall–Kier alpha value is -2.81. The number of carbonyl (C=O) groups excluding carboxylic acids is 1. The van der Waals surface area contributed by atoms with Crippen molar-refractivity contribution in [1.82, 2.24) is 9.99 Å². The number of phenols is 1. The van der Waals surface area contributed by atoms with E-state index in [0.29, 0.717) is 11.3 Å². The quantitative estimate of drug-likeness (QED) is 0.347. The number of carbonyl (C=O) groups is 1. The highest BCUT2D eigenvalue weighted by Crippen LogP contribution is 2.21. The second-order valence-corrected chi connectivity index (χ2v) is 6.53. The fraction of sp³-hybridized carbons (Fsp3) is 0.0526. The van der Waals surface area contributed by atoms with E-state index in [1.807, 2.05) is 29.0 Å². The maximum absolute atomic E-state index is 12.2. The molecule has 0 atom stereocenters. The fourth-order valence-corrected chi connectivity index (χ4v) is 2.93. The molecule has 0 fully saturated rings.